The van der Waals surface area contributed by atoms with Gasteiger partial charge in [-0.3, -0.25) is 9.59 Å². The fourth-order valence-corrected chi connectivity index (χ4v) is 3.21. The minimum absolute atomic E-state index is 0.0326. The first-order valence-corrected chi connectivity index (χ1v) is 10.1. The Morgan fingerprint density at radius 2 is 1.25 bits per heavy atom. The Labute approximate surface area is 185 Å². The summed E-state index contributed by atoms with van der Waals surface area (Å²) in [5, 5.41) is 16.8. The summed E-state index contributed by atoms with van der Waals surface area (Å²) in [6.07, 6.45) is 0.0839. The summed E-state index contributed by atoms with van der Waals surface area (Å²) >= 11 is 0. The Balaban J connectivity index is 1.78. The fraction of sp³-hybridized carbons (Fsp3) is 0.160. The molecule has 0 aliphatic rings. The number of carbonyl (C=O) groups is 3. The monoisotopic (exact) mass is 433 g/mol. The molecule has 6 nitrogen and oxygen atoms in total. The summed E-state index contributed by atoms with van der Waals surface area (Å²) in [7, 11) is 0. The molecule has 0 bridgehead atoms. The topological polar surface area (TPSA) is 98.3 Å². The van der Waals surface area contributed by atoms with Gasteiger partial charge < -0.3 is 20.5 Å². The molecule has 0 radical (unpaired) electrons. The van der Waals surface area contributed by atoms with E-state index in [1.54, 1.807) is 60.7 Å². The molecule has 0 saturated carbocycles. The highest BCUT2D eigenvalue weighted by Crippen LogP contribution is 2.09. The van der Waals surface area contributed by atoms with Crippen molar-refractivity contribution in [2.75, 3.05) is 0 Å². The molecule has 0 unspecified atom stereocenters. The summed E-state index contributed by atoms with van der Waals surface area (Å²) in [5.74, 6) is -3.02. The first kappa shape index (κ1) is 22.7. The second-order valence-corrected chi connectivity index (χ2v) is 7.29. The Hall–Kier alpha value is -4.00. The van der Waals surface area contributed by atoms with E-state index in [4.69, 9.17) is 0 Å². The second kappa shape index (κ2) is 10.9. The summed E-state index contributed by atoms with van der Waals surface area (Å²) in [4.78, 5) is 37.3. The van der Waals surface area contributed by atoms with Crippen LogP contribution >= 0.6 is 0 Å². The highest BCUT2D eigenvalue weighted by molar-refractivity contribution is 5.98. The van der Waals surface area contributed by atoms with Crippen molar-refractivity contribution in [2.24, 2.45) is 0 Å². The number of carbonyl (C=O) groups excluding carboxylic acids is 3. The quantitative estimate of drug-likeness (QED) is 0.536. The van der Waals surface area contributed by atoms with Gasteiger partial charge in [-0.1, -0.05) is 60.7 Å². The van der Waals surface area contributed by atoms with Gasteiger partial charge in [0.15, 0.2) is 0 Å². The third kappa shape index (κ3) is 6.50. The predicted octanol–water partition coefficient (Wildman–Crippen LogP) is 1.64. The zero-order valence-electron chi connectivity index (χ0n) is 17.2. The lowest BCUT2D eigenvalue weighted by Crippen LogP contribution is -2.55. The molecule has 3 rings (SSSR count). The summed E-state index contributed by atoms with van der Waals surface area (Å²) in [6.45, 7) is 0. The fourth-order valence-electron chi connectivity index (χ4n) is 3.21. The molecule has 2 atom stereocenters. The normalized spacial score (nSPS) is 12.4. The molecule has 3 aromatic carbocycles. The number of aliphatic carboxylic acids is 1. The van der Waals surface area contributed by atoms with E-state index in [0.29, 0.717) is 16.7 Å². The van der Waals surface area contributed by atoms with Crippen molar-refractivity contribution in [1.29, 1.82) is 0 Å². The van der Waals surface area contributed by atoms with E-state index in [9.17, 15) is 23.9 Å². The highest BCUT2D eigenvalue weighted by Gasteiger charge is 2.25. The van der Waals surface area contributed by atoms with Crippen LogP contribution < -0.4 is 15.7 Å². The molecular formula is C25H22FN2O4-. The Kier molecular flexibility index (Phi) is 7.70. The summed E-state index contributed by atoms with van der Waals surface area (Å²) in [6, 6.07) is 20.3. The van der Waals surface area contributed by atoms with Gasteiger partial charge in [0, 0.05) is 12.0 Å². The molecule has 2 amide bonds. The van der Waals surface area contributed by atoms with E-state index >= 15 is 0 Å². The van der Waals surface area contributed by atoms with E-state index in [2.05, 4.69) is 10.6 Å². The number of halogens is 1. The van der Waals surface area contributed by atoms with E-state index in [-0.39, 0.29) is 12.8 Å². The van der Waals surface area contributed by atoms with Crippen LogP contribution in [-0.4, -0.2) is 29.9 Å². The lowest BCUT2D eigenvalue weighted by molar-refractivity contribution is -0.308. The van der Waals surface area contributed by atoms with Gasteiger partial charge in [-0.15, -0.1) is 0 Å². The van der Waals surface area contributed by atoms with E-state index in [1.807, 2.05) is 0 Å². The van der Waals surface area contributed by atoms with Crippen LogP contribution in [0.15, 0.2) is 84.9 Å². The van der Waals surface area contributed by atoms with Crippen molar-refractivity contribution in [3.8, 4) is 0 Å². The lowest BCUT2D eigenvalue weighted by Gasteiger charge is -2.24. The third-order valence-electron chi connectivity index (χ3n) is 4.89. The average molecular weight is 433 g/mol. The second-order valence-electron chi connectivity index (χ2n) is 7.29. The molecule has 0 aromatic heterocycles. The maximum Gasteiger partial charge on any atom is 0.251 e. The smallest absolute Gasteiger partial charge is 0.251 e. The van der Waals surface area contributed by atoms with Crippen LogP contribution in [0.3, 0.4) is 0 Å². The van der Waals surface area contributed by atoms with Crippen LogP contribution in [0.4, 0.5) is 4.39 Å². The van der Waals surface area contributed by atoms with Crippen molar-refractivity contribution in [3.05, 3.63) is 107 Å². The van der Waals surface area contributed by atoms with Gasteiger partial charge >= 0.3 is 0 Å². The van der Waals surface area contributed by atoms with Crippen molar-refractivity contribution in [3.63, 3.8) is 0 Å². The van der Waals surface area contributed by atoms with Crippen LogP contribution in [-0.2, 0) is 22.4 Å². The van der Waals surface area contributed by atoms with Gasteiger partial charge in [0.05, 0.1) is 12.0 Å². The van der Waals surface area contributed by atoms with Gasteiger partial charge in [0.25, 0.3) is 5.91 Å². The van der Waals surface area contributed by atoms with E-state index in [1.165, 1.54) is 24.3 Å². The molecule has 0 aliphatic heterocycles. The zero-order chi connectivity index (χ0) is 22.9. The predicted molar refractivity (Wildman–Crippen MR) is 115 cm³/mol. The van der Waals surface area contributed by atoms with Crippen molar-refractivity contribution < 1.29 is 23.9 Å². The molecule has 0 spiro atoms. The average Bonchev–Trinajstić information content (AvgIpc) is 2.80. The molecule has 3 aromatic rings. The highest BCUT2D eigenvalue weighted by atomic mass is 19.1. The minimum atomic E-state index is -1.43. The van der Waals surface area contributed by atoms with Crippen molar-refractivity contribution >= 4 is 17.8 Å². The molecule has 32 heavy (non-hydrogen) atoms. The first-order chi connectivity index (χ1) is 15.4. The molecular weight excluding hydrogens is 411 g/mol. The standard InChI is InChI=1S/C25H23FN2O4/c26-20-13-11-18(12-14-20)15-21(27-23(29)19-9-5-2-6-10-19)24(30)28-22(25(31)32)16-17-7-3-1-4-8-17/h1-14,21-22H,15-16H2,(H,27,29)(H,28,30)(H,31,32)/p-1/t21-,22-/m0/s1. The summed E-state index contributed by atoms with van der Waals surface area (Å²) < 4.78 is 13.3. The number of hydrogen-bond acceptors (Lipinski definition) is 4. The lowest BCUT2D eigenvalue weighted by atomic mass is 10.0. The summed E-state index contributed by atoms with van der Waals surface area (Å²) in [5.41, 5.74) is 1.67. The number of benzene rings is 3. The minimum Gasteiger partial charge on any atom is -0.548 e. The van der Waals surface area contributed by atoms with Crippen LogP contribution in [0.5, 0.6) is 0 Å². The zero-order valence-corrected chi connectivity index (χ0v) is 17.2. The number of amides is 2. The molecule has 0 saturated heterocycles. The van der Waals surface area contributed by atoms with Gasteiger partial charge in [-0.05, 0) is 41.8 Å². The third-order valence-corrected chi connectivity index (χ3v) is 4.89. The van der Waals surface area contributed by atoms with Gasteiger partial charge in [0.1, 0.15) is 11.9 Å². The number of hydrogen-bond donors (Lipinski definition) is 2. The van der Waals surface area contributed by atoms with E-state index in [0.717, 1.165) is 0 Å². The Morgan fingerprint density at radius 1 is 0.719 bits per heavy atom. The maximum atomic E-state index is 13.3. The number of nitrogens with one attached hydrogen (secondary N) is 2. The van der Waals surface area contributed by atoms with Crippen molar-refractivity contribution in [2.45, 2.75) is 24.9 Å². The molecule has 0 heterocycles. The van der Waals surface area contributed by atoms with Crippen molar-refractivity contribution in [1.82, 2.24) is 10.6 Å². The number of carboxylic acid groups (broad SMARTS) is 1. The van der Waals surface area contributed by atoms with Gasteiger partial charge in [-0.25, -0.2) is 4.39 Å². The molecule has 2 N–H and O–H groups in total. The SMILES string of the molecule is O=C(N[C@@H](Cc1ccc(F)cc1)C(=O)N[C@@H](Cc1ccccc1)C(=O)[O-])c1ccccc1. The number of carboxylic acids is 1. The van der Waals surface area contributed by atoms with Crippen LogP contribution in [0.1, 0.15) is 21.5 Å². The van der Waals surface area contributed by atoms with Gasteiger partial charge in [0.2, 0.25) is 5.91 Å². The number of rotatable bonds is 9. The van der Waals surface area contributed by atoms with Crippen LogP contribution in [0.2, 0.25) is 0 Å². The largest absolute Gasteiger partial charge is 0.548 e. The molecule has 0 fully saturated rings. The molecule has 7 heteroatoms. The van der Waals surface area contributed by atoms with Crippen LogP contribution in [0.25, 0.3) is 0 Å². The molecule has 0 aliphatic carbocycles. The van der Waals surface area contributed by atoms with E-state index < -0.39 is 35.7 Å². The molecule has 164 valence electrons. The Bertz CT molecular complexity index is 1060. The van der Waals surface area contributed by atoms with Crippen LogP contribution in [0, 0.1) is 5.82 Å². The first-order valence-electron chi connectivity index (χ1n) is 10.1. The van der Waals surface area contributed by atoms with Gasteiger partial charge in [-0.2, -0.15) is 0 Å². The maximum absolute atomic E-state index is 13.3. The Morgan fingerprint density at radius 3 is 1.84 bits per heavy atom.